The number of hydrogen-bond acceptors (Lipinski definition) is 6. The molecule has 0 spiro atoms. The Morgan fingerprint density at radius 2 is 1.86 bits per heavy atom. The molecule has 1 aliphatic rings. The molecule has 0 aliphatic carbocycles. The van der Waals surface area contributed by atoms with Crippen molar-refractivity contribution in [3.05, 3.63) is 29.6 Å². The number of carbonyl (C=O) groups is 1. The van der Waals surface area contributed by atoms with Crippen LogP contribution in [0.25, 0.3) is 10.9 Å². The standard InChI is InChI=1S/C19H27N5O3S/c1-14-11-16-17(12-15(14)2)20-13-21-19(16)24-8-4-7-23(9-10-24)18(25)5-6-22-28(3,26)27/h11-13,22H,4-10H2,1-3H3. The van der Waals surface area contributed by atoms with Gasteiger partial charge in [0.25, 0.3) is 0 Å². The van der Waals surface area contributed by atoms with Gasteiger partial charge in [-0.1, -0.05) is 0 Å². The van der Waals surface area contributed by atoms with E-state index in [4.69, 9.17) is 0 Å². The molecule has 152 valence electrons. The fourth-order valence-corrected chi connectivity index (χ4v) is 3.91. The van der Waals surface area contributed by atoms with Crippen molar-refractivity contribution in [3.8, 4) is 0 Å². The number of aromatic nitrogens is 2. The second-order valence-electron chi connectivity index (χ2n) is 7.29. The SMILES string of the molecule is Cc1cc2ncnc(N3CCCN(C(=O)CCNS(C)(=O)=O)CC3)c2cc1C. The molecule has 1 aromatic heterocycles. The monoisotopic (exact) mass is 405 g/mol. The van der Waals surface area contributed by atoms with Gasteiger partial charge >= 0.3 is 0 Å². The van der Waals surface area contributed by atoms with Crippen LogP contribution in [-0.2, 0) is 14.8 Å². The summed E-state index contributed by atoms with van der Waals surface area (Å²) in [5, 5.41) is 1.03. The first-order valence-electron chi connectivity index (χ1n) is 9.44. The van der Waals surface area contributed by atoms with E-state index in [9.17, 15) is 13.2 Å². The van der Waals surface area contributed by atoms with Crippen molar-refractivity contribution in [2.75, 3.05) is 43.9 Å². The Hall–Kier alpha value is -2.26. The molecule has 0 unspecified atom stereocenters. The number of benzene rings is 1. The van der Waals surface area contributed by atoms with Crippen molar-refractivity contribution in [2.45, 2.75) is 26.7 Å². The maximum Gasteiger partial charge on any atom is 0.223 e. The van der Waals surface area contributed by atoms with Gasteiger partial charge in [-0.15, -0.1) is 0 Å². The summed E-state index contributed by atoms with van der Waals surface area (Å²) in [6.07, 6.45) is 3.69. The number of nitrogens with zero attached hydrogens (tertiary/aromatic N) is 4. The highest BCUT2D eigenvalue weighted by molar-refractivity contribution is 7.88. The van der Waals surface area contributed by atoms with Crippen molar-refractivity contribution in [1.29, 1.82) is 0 Å². The smallest absolute Gasteiger partial charge is 0.223 e. The Kier molecular flexibility index (Phi) is 6.14. The molecule has 0 saturated carbocycles. The van der Waals surface area contributed by atoms with E-state index in [-0.39, 0.29) is 18.9 Å². The summed E-state index contributed by atoms with van der Waals surface area (Å²) in [6.45, 7) is 7.04. The molecule has 8 nitrogen and oxygen atoms in total. The maximum atomic E-state index is 12.4. The second-order valence-corrected chi connectivity index (χ2v) is 9.12. The summed E-state index contributed by atoms with van der Waals surface area (Å²) in [4.78, 5) is 25.4. The van der Waals surface area contributed by atoms with Crippen LogP contribution < -0.4 is 9.62 Å². The molecule has 1 saturated heterocycles. The molecule has 1 aromatic carbocycles. The number of nitrogens with one attached hydrogen (secondary N) is 1. The van der Waals surface area contributed by atoms with Crippen LogP contribution in [0.3, 0.4) is 0 Å². The molecule has 9 heteroatoms. The van der Waals surface area contributed by atoms with Crippen molar-refractivity contribution in [3.63, 3.8) is 0 Å². The average molecular weight is 406 g/mol. The molecule has 1 fully saturated rings. The minimum atomic E-state index is -3.27. The summed E-state index contributed by atoms with van der Waals surface area (Å²) in [5.41, 5.74) is 3.33. The Bertz CT molecular complexity index is 977. The van der Waals surface area contributed by atoms with E-state index in [0.717, 1.165) is 35.9 Å². The van der Waals surface area contributed by atoms with Gasteiger partial charge in [0.15, 0.2) is 0 Å². The lowest BCUT2D eigenvalue weighted by Gasteiger charge is -2.24. The highest BCUT2D eigenvalue weighted by Crippen LogP contribution is 2.26. The van der Waals surface area contributed by atoms with E-state index < -0.39 is 10.0 Å². The lowest BCUT2D eigenvalue weighted by molar-refractivity contribution is -0.130. The van der Waals surface area contributed by atoms with Gasteiger partial charge in [-0.2, -0.15) is 0 Å². The second kappa shape index (κ2) is 8.40. The Labute approximate surface area is 166 Å². The maximum absolute atomic E-state index is 12.4. The van der Waals surface area contributed by atoms with Crippen LogP contribution >= 0.6 is 0 Å². The van der Waals surface area contributed by atoms with Gasteiger partial charge < -0.3 is 9.80 Å². The van der Waals surface area contributed by atoms with E-state index in [1.807, 2.05) is 4.90 Å². The van der Waals surface area contributed by atoms with Gasteiger partial charge in [0.05, 0.1) is 11.8 Å². The Morgan fingerprint density at radius 3 is 2.61 bits per heavy atom. The number of anilines is 1. The van der Waals surface area contributed by atoms with Gasteiger partial charge in [-0.3, -0.25) is 4.79 Å². The number of sulfonamides is 1. The fourth-order valence-electron chi connectivity index (χ4n) is 3.43. The van der Waals surface area contributed by atoms with Crippen LogP contribution in [0, 0.1) is 13.8 Å². The largest absolute Gasteiger partial charge is 0.354 e. The molecule has 0 bridgehead atoms. The fraction of sp³-hybridized carbons (Fsp3) is 0.526. The first-order chi connectivity index (χ1) is 13.2. The van der Waals surface area contributed by atoms with E-state index in [1.54, 1.807) is 6.33 Å². The quantitative estimate of drug-likeness (QED) is 0.804. The third-order valence-corrected chi connectivity index (χ3v) is 5.81. The summed E-state index contributed by atoms with van der Waals surface area (Å²) in [6, 6.07) is 4.21. The van der Waals surface area contributed by atoms with Crippen molar-refractivity contribution in [1.82, 2.24) is 19.6 Å². The molecule has 2 aromatic rings. The van der Waals surface area contributed by atoms with Gasteiger partial charge in [-0.25, -0.2) is 23.1 Å². The van der Waals surface area contributed by atoms with E-state index in [2.05, 4.69) is 45.6 Å². The lowest BCUT2D eigenvalue weighted by atomic mass is 10.1. The van der Waals surface area contributed by atoms with Crippen LogP contribution in [0.15, 0.2) is 18.5 Å². The van der Waals surface area contributed by atoms with Crippen molar-refractivity contribution in [2.24, 2.45) is 0 Å². The van der Waals surface area contributed by atoms with Gasteiger partial charge in [0.1, 0.15) is 12.1 Å². The van der Waals surface area contributed by atoms with E-state index >= 15 is 0 Å². The molecule has 2 heterocycles. The summed E-state index contributed by atoms with van der Waals surface area (Å²) in [7, 11) is -3.27. The highest BCUT2D eigenvalue weighted by atomic mass is 32.2. The number of aryl methyl sites for hydroxylation is 2. The minimum Gasteiger partial charge on any atom is -0.354 e. The highest BCUT2D eigenvalue weighted by Gasteiger charge is 2.21. The Balaban J connectivity index is 1.69. The molecule has 28 heavy (non-hydrogen) atoms. The van der Waals surface area contributed by atoms with E-state index in [1.165, 1.54) is 11.1 Å². The topological polar surface area (TPSA) is 95.5 Å². The number of fused-ring (bicyclic) bond motifs is 1. The van der Waals surface area contributed by atoms with Gasteiger partial charge in [0, 0.05) is 44.5 Å². The number of carbonyl (C=O) groups excluding carboxylic acids is 1. The molecule has 1 aliphatic heterocycles. The first-order valence-corrected chi connectivity index (χ1v) is 11.3. The van der Waals surface area contributed by atoms with Gasteiger partial charge in [-0.05, 0) is 43.5 Å². The van der Waals surface area contributed by atoms with Crippen LogP contribution in [0.2, 0.25) is 0 Å². The van der Waals surface area contributed by atoms with Crippen molar-refractivity contribution >= 4 is 32.7 Å². The molecule has 1 amide bonds. The van der Waals surface area contributed by atoms with E-state index in [0.29, 0.717) is 19.6 Å². The van der Waals surface area contributed by atoms with Crippen LogP contribution in [0.5, 0.6) is 0 Å². The number of rotatable bonds is 5. The van der Waals surface area contributed by atoms with Gasteiger partial charge in [0.2, 0.25) is 15.9 Å². The van der Waals surface area contributed by atoms with Crippen LogP contribution in [0.1, 0.15) is 24.0 Å². The summed E-state index contributed by atoms with van der Waals surface area (Å²) < 4.78 is 24.7. The molecule has 1 N–H and O–H groups in total. The molecule has 3 rings (SSSR count). The molecular formula is C19H27N5O3S. The predicted molar refractivity (Wildman–Crippen MR) is 110 cm³/mol. The third kappa shape index (κ3) is 4.96. The molecule has 0 radical (unpaired) electrons. The minimum absolute atomic E-state index is 0.0305. The molecular weight excluding hydrogens is 378 g/mol. The zero-order chi connectivity index (χ0) is 20.3. The third-order valence-electron chi connectivity index (χ3n) is 5.08. The summed E-state index contributed by atoms with van der Waals surface area (Å²) in [5.74, 6) is 0.873. The zero-order valence-electron chi connectivity index (χ0n) is 16.6. The number of hydrogen-bond donors (Lipinski definition) is 1. The lowest BCUT2D eigenvalue weighted by Crippen LogP contribution is -2.37. The van der Waals surface area contributed by atoms with Crippen LogP contribution in [0.4, 0.5) is 5.82 Å². The van der Waals surface area contributed by atoms with Crippen LogP contribution in [-0.4, -0.2) is 68.2 Å². The van der Waals surface area contributed by atoms with Crippen molar-refractivity contribution < 1.29 is 13.2 Å². The normalized spacial score (nSPS) is 15.7. The molecule has 0 atom stereocenters. The average Bonchev–Trinajstić information content (AvgIpc) is 2.87. The summed E-state index contributed by atoms with van der Waals surface area (Å²) >= 11 is 0. The zero-order valence-corrected chi connectivity index (χ0v) is 17.4. The predicted octanol–water partition coefficient (Wildman–Crippen LogP) is 1.22. The number of amides is 1. The first kappa shape index (κ1) is 20.5. The Morgan fingerprint density at radius 1 is 1.11 bits per heavy atom.